The van der Waals surface area contributed by atoms with Crippen LogP contribution in [-0.2, 0) is 4.79 Å². The molecule has 0 radical (unpaired) electrons. The zero-order chi connectivity index (χ0) is 28.8. The van der Waals surface area contributed by atoms with Gasteiger partial charge in [0.05, 0.1) is 17.8 Å². The molecule has 2 N–H and O–H groups in total. The van der Waals surface area contributed by atoms with Crippen LogP contribution in [-0.4, -0.2) is 45.4 Å². The lowest BCUT2D eigenvalue weighted by Crippen LogP contribution is -2.27. The van der Waals surface area contributed by atoms with Crippen molar-refractivity contribution < 1.29 is 9.59 Å². The average molecular weight is 569 g/mol. The van der Waals surface area contributed by atoms with E-state index < -0.39 is 6.04 Å². The molecule has 1 aliphatic rings. The maximum Gasteiger partial charge on any atom is 0.251 e. The lowest BCUT2D eigenvalue weighted by atomic mass is 9.98. The molecule has 210 valence electrons. The normalized spacial score (nSPS) is 13.9. The molecule has 2 amide bonds. The number of aliphatic imine (C=N–C) groups is 1. The standard InChI is InChI=1S/C32H33ClN6O2/c1-21-11-16-28-26(19-21)30(23-12-14-25(33)15-13-23)36-27(31-38-37-22(2)39(28)31)20-29(40)34-17-7-4-8-18-35-32(41)24-9-5-3-6-10-24/h3,5-6,9-16,19,27H,4,7-8,17-18,20H2,1-2H3,(H,34,40)(H,35,41)/t27-/m0/s1. The number of carbonyl (C=O) groups excluding carboxylic acids is 2. The van der Waals surface area contributed by atoms with Gasteiger partial charge < -0.3 is 10.6 Å². The van der Waals surface area contributed by atoms with Crippen LogP contribution in [0.5, 0.6) is 0 Å². The highest BCUT2D eigenvalue weighted by atomic mass is 35.5. The quantitative estimate of drug-likeness (QED) is 0.245. The van der Waals surface area contributed by atoms with Gasteiger partial charge in [-0.25, -0.2) is 0 Å². The monoisotopic (exact) mass is 568 g/mol. The van der Waals surface area contributed by atoms with Crippen molar-refractivity contribution in [3.8, 4) is 5.69 Å². The molecule has 0 unspecified atom stereocenters. The maximum absolute atomic E-state index is 13.1. The summed E-state index contributed by atoms with van der Waals surface area (Å²) in [7, 11) is 0. The van der Waals surface area contributed by atoms with Crippen LogP contribution >= 0.6 is 11.6 Å². The molecular formula is C32H33ClN6O2. The molecule has 0 bridgehead atoms. The van der Waals surface area contributed by atoms with Crippen molar-refractivity contribution in [3.05, 3.63) is 112 Å². The highest BCUT2D eigenvalue weighted by Gasteiger charge is 2.29. The molecule has 9 heteroatoms. The number of aromatic nitrogens is 3. The fraction of sp³-hybridized carbons (Fsp3) is 0.281. The van der Waals surface area contributed by atoms with E-state index in [0.717, 1.165) is 53.2 Å². The summed E-state index contributed by atoms with van der Waals surface area (Å²) < 4.78 is 2.00. The van der Waals surface area contributed by atoms with Gasteiger partial charge in [0.25, 0.3) is 5.91 Å². The number of aryl methyl sites for hydroxylation is 2. The number of benzene rings is 3. The van der Waals surface area contributed by atoms with Gasteiger partial charge in [-0.3, -0.25) is 19.1 Å². The summed E-state index contributed by atoms with van der Waals surface area (Å²) in [4.78, 5) is 30.3. The van der Waals surface area contributed by atoms with Gasteiger partial charge in [-0.05, 0) is 69.5 Å². The van der Waals surface area contributed by atoms with Crippen molar-refractivity contribution in [2.24, 2.45) is 4.99 Å². The SMILES string of the molecule is Cc1ccc2c(c1)C(c1ccc(Cl)cc1)=N[C@@H](CC(=O)NCCCCCNC(=O)c1ccccc1)c1nnc(C)n1-2. The second-order valence-corrected chi connectivity index (χ2v) is 10.6. The fourth-order valence-electron chi connectivity index (χ4n) is 4.98. The van der Waals surface area contributed by atoms with Gasteiger partial charge in [-0.15, -0.1) is 10.2 Å². The predicted molar refractivity (Wildman–Crippen MR) is 161 cm³/mol. The van der Waals surface area contributed by atoms with E-state index >= 15 is 0 Å². The first-order valence-corrected chi connectivity index (χ1v) is 14.3. The smallest absolute Gasteiger partial charge is 0.251 e. The molecule has 5 rings (SSSR count). The number of hydrogen-bond acceptors (Lipinski definition) is 5. The second kappa shape index (κ2) is 12.9. The minimum atomic E-state index is -0.511. The molecule has 0 aliphatic carbocycles. The summed E-state index contributed by atoms with van der Waals surface area (Å²) in [6.07, 6.45) is 2.69. The van der Waals surface area contributed by atoms with Gasteiger partial charge in [-0.2, -0.15) is 0 Å². The highest BCUT2D eigenvalue weighted by molar-refractivity contribution is 6.30. The Labute approximate surface area is 244 Å². The largest absolute Gasteiger partial charge is 0.356 e. The van der Waals surface area contributed by atoms with Gasteiger partial charge in [0, 0.05) is 34.8 Å². The number of nitrogens with zero attached hydrogens (tertiary/aromatic N) is 4. The van der Waals surface area contributed by atoms with Gasteiger partial charge in [0.1, 0.15) is 11.9 Å². The predicted octanol–water partition coefficient (Wildman–Crippen LogP) is 5.54. The molecule has 0 fully saturated rings. The van der Waals surface area contributed by atoms with E-state index in [9.17, 15) is 9.59 Å². The van der Waals surface area contributed by atoms with Crippen LogP contribution in [0.15, 0.2) is 77.8 Å². The third-order valence-electron chi connectivity index (χ3n) is 7.07. The number of fused-ring (bicyclic) bond motifs is 3. The number of nitrogens with one attached hydrogen (secondary N) is 2. The summed E-state index contributed by atoms with van der Waals surface area (Å²) in [6, 6.07) is 22.5. The van der Waals surface area contributed by atoms with E-state index in [4.69, 9.17) is 16.6 Å². The number of rotatable bonds is 10. The molecule has 4 aromatic rings. The first kappa shape index (κ1) is 28.2. The average Bonchev–Trinajstić information content (AvgIpc) is 3.30. The van der Waals surface area contributed by atoms with Gasteiger partial charge in [-0.1, -0.05) is 53.6 Å². The summed E-state index contributed by atoms with van der Waals surface area (Å²) in [5.74, 6) is 1.21. The van der Waals surface area contributed by atoms with Crippen molar-refractivity contribution in [1.82, 2.24) is 25.4 Å². The minimum Gasteiger partial charge on any atom is -0.356 e. The molecule has 41 heavy (non-hydrogen) atoms. The zero-order valence-corrected chi connectivity index (χ0v) is 24.0. The molecule has 1 aromatic heterocycles. The Morgan fingerprint density at radius 3 is 2.37 bits per heavy atom. The van der Waals surface area contributed by atoms with E-state index in [1.54, 1.807) is 12.1 Å². The van der Waals surface area contributed by atoms with E-state index in [2.05, 4.69) is 39.0 Å². The summed E-state index contributed by atoms with van der Waals surface area (Å²) in [6.45, 7) is 5.11. The highest BCUT2D eigenvalue weighted by Crippen LogP contribution is 2.33. The minimum absolute atomic E-state index is 0.0683. The summed E-state index contributed by atoms with van der Waals surface area (Å²) in [5.41, 5.74) is 5.36. The van der Waals surface area contributed by atoms with Crippen molar-refractivity contribution in [2.45, 2.75) is 45.6 Å². The molecule has 3 aromatic carbocycles. The Kier molecular flexibility index (Phi) is 8.89. The van der Waals surface area contributed by atoms with Crippen molar-refractivity contribution >= 4 is 29.1 Å². The van der Waals surface area contributed by atoms with Crippen molar-refractivity contribution in [3.63, 3.8) is 0 Å². The number of halogens is 1. The van der Waals surface area contributed by atoms with Crippen LogP contribution in [0.1, 0.15) is 70.4 Å². The molecule has 0 saturated heterocycles. The van der Waals surface area contributed by atoms with Crippen LogP contribution in [0.4, 0.5) is 0 Å². The fourth-order valence-corrected chi connectivity index (χ4v) is 5.11. The Hall–Kier alpha value is -4.30. The number of hydrogen-bond donors (Lipinski definition) is 2. The second-order valence-electron chi connectivity index (χ2n) is 10.2. The number of amides is 2. The third kappa shape index (κ3) is 6.72. The van der Waals surface area contributed by atoms with Crippen LogP contribution in [0.2, 0.25) is 5.02 Å². The first-order valence-electron chi connectivity index (χ1n) is 13.9. The molecule has 2 heterocycles. The van der Waals surface area contributed by atoms with Crippen molar-refractivity contribution in [1.29, 1.82) is 0 Å². The Bertz CT molecular complexity index is 1560. The number of carbonyl (C=O) groups is 2. The Morgan fingerprint density at radius 1 is 0.878 bits per heavy atom. The molecule has 0 saturated carbocycles. The number of unbranched alkanes of at least 4 members (excludes halogenated alkanes) is 2. The Morgan fingerprint density at radius 2 is 1.61 bits per heavy atom. The molecule has 1 atom stereocenters. The molecular weight excluding hydrogens is 536 g/mol. The molecule has 1 aliphatic heterocycles. The van der Waals surface area contributed by atoms with Crippen LogP contribution < -0.4 is 10.6 Å². The van der Waals surface area contributed by atoms with E-state index in [-0.39, 0.29) is 18.2 Å². The Balaban J connectivity index is 1.23. The van der Waals surface area contributed by atoms with Crippen LogP contribution in [0.25, 0.3) is 5.69 Å². The zero-order valence-electron chi connectivity index (χ0n) is 23.2. The third-order valence-corrected chi connectivity index (χ3v) is 7.33. The topological polar surface area (TPSA) is 101 Å². The summed E-state index contributed by atoms with van der Waals surface area (Å²) in [5, 5.41) is 15.4. The van der Waals surface area contributed by atoms with E-state index in [1.807, 2.05) is 60.9 Å². The van der Waals surface area contributed by atoms with Crippen molar-refractivity contribution in [2.75, 3.05) is 13.1 Å². The lowest BCUT2D eigenvalue weighted by Gasteiger charge is -2.13. The van der Waals surface area contributed by atoms with Crippen LogP contribution in [0, 0.1) is 13.8 Å². The van der Waals surface area contributed by atoms with E-state index in [0.29, 0.717) is 29.5 Å². The van der Waals surface area contributed by atoms with E-state index in [1.165, 1.54) is 0 Å². The first-order chi connectivity index (χ1) is 19.9. The molecule has 0 spiro atoms. The maximum atomic E-state index is 13.1. The lowest BCUT2D eigenvalue weighted by molar-refractivity contribution is -0.121. The van der Waals surface area contributed by atoms with Gasteiger partial charge >= 0.3 is 0 Å². The molecule has 8 nitrogen and oxygen atoms in total. The summed E-state index contributed by atoms with van der Waals surface area (Å²) >= 11 is 6.18. The van der Waals surface area contributed by atoms with Gasteiger partial charge in [0.15, 0.2) is 5.82 Å². The van der Waals surface area contributed by atoms with Gasteiger partial charge in [0.2, 0.25) is 5.91 Å². The van der Waals surface area contributed by atoms with Crippen LogP contribution in [0.3, 0.4) is 0 Å².